The van der Waals surface area contributed by atoms with Gasteiger partial charge in [0.25, 0.3) is 11.8 Å². The molecule has 3 amide bonds. The maximum atomic E-state index is 11.5. The van der Waals surface area contributed by atoms with Crippen molar-refractivity contribution < 1.29 is 19.1 Å². The highest BCUT2D eigenvalue weighted by Gasteiger charge is 2.23. The lowest BCUT2D eigenvalue weighted by atomic mass is 10.3. The zero-order valence-corrected chi connectivity index (χ0v) is 12.6. The summed E-state index contributed by atoms with van der Waals surface area (Å²) in [7, 11) is 0. The number of carbonyl (C=O) groups excluding carboxylic acids is 3. The van der Waals surface area contributed by atoms with E-state index in [1.165, 1.54) is 12.2 Å². The Balaban J connectivity index is 1.99. The lowest BCUT2D eigenvalue weighted by Crippen LogP contribution is -2.35. The average Bonchev–Trinajstić information content (AvgIpc) is 2.74. The molecular weight excluding hydrogens is 274 g/mol. The Morgan fingerprint density at radius 1 is 1.19 bits per heavy atom. The van der Waals surface area contributed by atoms with Crippen LogP contribution in [-0.4, -0.2) is 61.5 Å². The van der Waals surface area contributed by atoms with Crippen molar-refractivity contribution in [3.05, 3.63) is 12.2 Å². The molecule has 118 valence electrons. The average molecular weight is 297 g/mol. The van der Waals surface area contributed by atoms with Gasteiger partial charge in [0.15, 0.2) is 0 Å². The van der Waals surface area contributed by atoms with Crippen molar-refractivity contribution in [2.75, 3.05) is 32.8 Å². The molecule has 1 rings (SSSR count). The summed E-state index contributed by atoms with van der Waals surface area (Å²) in [6, 6.07) is 0.429. The normalized spacial score (nSPS) is 14.3. The zero-order valence-electron chi connectivity index (χ0n) is 12.6. The Bertz CT molecular complexity index is 389. The number of rotatable bonds is 10. The first kappa shape index (κ1) is 17.3. The standard InChI is InChI=1S/C14H23N3O4/c1-11(2)15-6-9-21-10-7-16-12(18)5-8-17-13(19)3-4-14(17)20/h3-4,11,15H,5-10H2,1-2H3,(H,16,18). The van der Waals surface area contributed by atoms with Crippen LogP contribution in [0, 0.1) is 0 Å². The van der Waals surface area contributed by atoms with Crippen molar-refractivity contribution in [3.63, 3.8) is 0 Å². The Labute approximate surface area is 124 Å². The molecule has 0 saturated carbocycles. The summed E-state index contributed by atoms with van der Waals surface area (Å²) in [6.07, 6.45) is 2.52. The molecular formula is C14H23N3O4. The van der Waals surface area contributed by atoms with E-state index in [1.807, 2.05) is 0 Å². The van der Waals surface area contributed by atoms with E-state index >= 15 is 0 Å². The second-order valence-electron chi connectivity index (χ2n) is 4.98. The highest BCUT2D eigenvalue weighted by atomic mass is 16.5. The number of hydrogen-bond donors (Lipinski definition) is 2. The molecule has 0 saturated heterocycles. The van der Waals surface area contributed by atoms with E-state index in [9.17, 15) is 14.4 Å². The van der Waals surface area contributed by atoms with Crippen LogP contribution in [0.1, 0.15) is 20.3 Å². The Kier molecular flexibility index (Phi) is 7.63. The molecule has 0 aliphatic carbocycles. The largest absolute Gasteiger partial charge is 0.378 e. The molecule has 0 radical (unpaired) electrons. The number of amides is 3. The molecule has 1 aliphatic rings. The summed E-state index contributed by atoms with van der Waals surface area (Å²) in [5.41, 5.74) is 0. The van der Waals surface area contributed by atoms with Crippen LogP contribution in [0.25, 0.3) is 0 Å². The van der Waals surface area contributed by atoms with Crippen LogP contribution in [0.4, 0.5) is 0 Å². The summed E-state index contributed by atoms with van der Waals surface area (Å²) in [5.74, 6) is -0.936. The second kappa shape index (κ2) is 9.25. The van der Waals surface area contributed by atoms with Gasteiger partial charge in [-0.2, -0.15) is 0 Å². The van der Waals surface area contributed by atoms with Crippen LogP contribution in [0.15, 0.2) is 12.2 Å². The molecule has 0 aromatic heterocycles. The summed E-state index contributed by atoms with van der Waals surface area (Å²) in [6.45, 7) is 6.45. The highest BCUT2D eigenvalue weighted by Crippen LogP contribution is 2.03. The number of hydrogen-bond acceptors (Lipinski definition) is 5. The van der Waals surface area contributed by atoms with E-state index in [4.69, 9.17) is 4.74 Å². The Morgan fingerprint density at radius 3 is 2.43 bits per heavy atom. The summed E-state index contributed by atoms with van der Waals surface area (Å²) in [5, 5.41) is 5.90. The second-order valence-corrected chi connectivity index (χ2v) is 4.98. The molecule has 0 spiro atoms. The van der Waals surface area contributed by atoms with Crippen LogP contribution in [-0.2, 0) is 19.1 Å². The van der Waals surface area contributed by atoms with Crippen molar-refractivity contribution in [3.8, 4) is 0 Å². The monoisotopic (exact) mass is 297 g/mol. The van der Waals surface area contributed by atoms with Crippen molar-refractivity contribution in [1.82, 2.24) is 15.5 Å². The van der Waals surface area contributed by atoms with E-state index < -0.39 is 0 Å². The van der Waals surface area contributed by atoms with E-state index in [0.29, 0.717) is 25.8 Å². The van der Waals surface area contributed by atoms with Crippen molar-refractivity contribution in [2.24, 2.45) is 0 Å². The zero-order chi connectivity index (χ0) is 15.7. The van der Waals surface area contributed by atoms with Gasteiger partial charge >= 0.3 is 0 Å². The predicted molar refractivity (Wildman–Crippen MR) is 77.4 cm³/mol. The fourth-order valence-corrected chi connectivity index (χ4v) is 1.74. The van der Waals surface area contributed by atoms with Crippen LogP contribution in [0.3, 0.4) is 0 Å². The van der Waals surface area contributed by atoms with Crippen molar-refractivity contribution in [2.45, 2.75) is 26.3 Å². The molecule has 0 aromatic carbocycles. The van der Waals surface area contributed by atoms with Crippen molar-refractivity contribution in [1.29, 1.82) is 0 Å². The molecule has 1 aliphatic heterocycles. The minimum absolute atomic E-state index is 0.105. The van der Waals surface area contributed by atoms with Gasteiger partial charge < -0.3 is 15.4 Å². The third-order valence-electron chi connectivity index (χ3n) is 2.83. The molecule has 21 heavy (non-hydrogen) atoms. The van der Waals surface area contributed by atoms with Gasteiger partial charge in [0.05, 0.1) is 13.2 Å². The quantitative estimate of drug-likeness (QED) is 0.416. The first-order chi connectivity index (χ1) is 10.0. The van der Waals surface area contributed by atoms with Crippen LogP contribution < -0.4 is 10.6 Å². The maximum Gasteiger partial charge on any atom is 0.253 e. The SMILES string of the molecule is CC(C)NCCOCCNC(=O)CCN1C(=O)C=CC1=O. The summed E-state index contributed by atoms with van der Waals surface area (Å²) < 4.78 is 5.34. The van der Waals surface area contributed by atoms with E-state index in [2.05, 4.69) is 24.5 Å². The van der Waals surface area contributed by atoms with E-state index in [0.717, 1.165) is 11.4 Å². The number of ether oxygens (including phenoxy) is 1. The summed E-state index contributed by atoms with van der Waals surface area (Å²) in [4.78, 5) is 35.1. The number of carbonyl (C=O) groups is 3. The van der Waals surface area contributed by atoms with Gasteiger partial charge in [0.1, 0.15) is 0 Å². The number of nitrogens with one attached hydrogen (secondary N) is 2. The minimum atomic E-state index is -0.367. The molecule has 7 nitrogen and oxygen atoms in total. The first-order valence-electron chi connectivity index (χ1n) is 7.12. The molecule has 7 heteroatoms. The number of imide groups is 1. The van der Waals surface area contributed by atoms with Gasteiger partial charge in [-0.25, -0.2) is 0 Å². The lowest BCUT2D eigenvalue weighted by molar-refractivity contribution is -0.137. The molecule has 0 unspecified atom stereocenters. The molecule has 1 heterocycles. The first-order valence-corrected chi connectivity index (χ1v) is 7.12. The topological polar surface area (TPSA) is 87.7 Å². The van der Waals surface area contributed by atoms with Gasteiger partial charge in [-0.05, 0) is 0 Å². The summed E-state index contributed by atoms with van der Waals surface area (Å²) >= 11 is 0. The fraction of sp³-hybridized carbons (Fsp3) is 0.643. The van der Waals surface area contributed by atoms with Gasteiger partial charge in [0, 0.05) is 44.2 Å². The lowest BCUT2D eigenvalue weighted by Gasteiger charge is -2.13. The third kappa shape index (κ3) is 7.01. The van der Waals surface area contributed by atoms with Crippen molar-refractivity contribution >= 4 is 17.7 Å². The van der Waals surface area contributed by atoms with Crippen LogP contribution in [0.5, 0.6) is 0 Å². The van der Waals surface area contributed by atoms with Crippen LogP contribution >= 0.6 is 0 Å². The number of nitrogens with zero attached hydrogens (tertiary/aromatic N) is 1. The minimum Gasteiger partial charge on any atom is -0.378 e. The molecule has 0 atom stereocenters. The smallest absolute Gasteiger partial charge is 0.253 e. The molecule has 0 aromatic rings. The van der Waals surface area contributed by atoms with E-state index in [-0.39, 0.29) is 30.7 Å². The third-order valence-corrected chi connectivity index (χ3v) is 2.83. The van der Waals surface area contributed by atoms with Crippen LogP contribution in [0.2, 0.25) is 0 Å². The van der Waals surface area contributed by atoms with Gasteiger partial charge in [-0.15, -0.1) is 0 Å². The highest BCUT2D eigenvalue weighted by molar-refractivity contribution is 6.13. The predicted octanol–water partition coefficient (Wildman–Crippen LogP) is -0.568. The molecule has 2 N–H and O–H groups in total. The van der Waals surface area contributed by atoms with Gasteiger partial charge in [-0.3, -0.25) is 19.3 Å². The van der Waals surface area contributed by atoms with Gasteiger partial charge in [-0.1, -0.05) is 13.8 Å². The van der Waals surface area contributed by atoms with E-state index in [1.54, 1.807) is 0 Å². The maximum absolute atomic E-state index is 11.5. The molecule has 0 bridgehead atoms. The van der Waals surface area contributed by atoms with Gasteiger partial charge in [0.2, 0.25) is 5.91 Å². The Morgan fingerprint density at radius 2 is 1.81 bits per heavy atom. The Hall–Kier alpha value is -1.73. The molecule has 0 fully saturated rings. The fourth-order valence-electron chi connectivity index (χ4n) is 1.74.